The number of carbonyl (C=O) groups excluding carboxylic acids is 2. The number of amides is 2. The average molecular weight is 789 g/mol. The lowest BCUT2D eigenvalue weighted by Gasteiger charge is -2.31. The Kier molecular flexibility index (Phi) is 11.4. The number of hydrogen-bond acceptors (Lipinski definition) is 3. The molecule has 49 heavy (non-hydrogen) atoms. The SMILES string of the molecule is COCCCN(C(=O)c1ccc(C(F)(F)F)cc1)c1cccc(C(=O)Nc2c(Br)cc(C(F)(C(F)(F)F)C(F)(F)F)cc2C(F)(F)F)c1F. The molecular weight excluding hydrogens is 770 g/mol. The molecule has 3 aromatic rings. The van der Waals surface area contributed by atoms with Crippen LogP contribution in [0.4, 0.5) is 72.8 Å². The van der Waals surface area contributed by atoms with Gasteiger partial charge in [0, 0.05) is 35.9 Å². The largest absolute Gasteiger partial charge is 0.435 e. The van der Waals surface area contributed by atoms with E-state index in [-0.39, 0.29) is 31.2 Å². The summed E-state index contributed by atoms with van der Waals surface area (Å²) in [5, 5.41) is 1.54. The van der Waals surface area contributed by atoms with Crippen LogP contribution in [0.25, 0.3) is 0 Å². The highest BCUT2D eigenvalue weighted by atomic mass is 79.9. The van der Waals surface area contributed by atoms with Crippen LogP contribution in [0.3, 0.4) is 0 Å². The first-order valence-corrected chi connectivity index (χ1v) is 14.0. The maximum absolute atomic E-state index is 15.8. The first kappa shape index (κ1) is 39.5. The Labute approximate surface area is 274 Å². The molecule has 0 saturated heterocycles. The van der Waals surface area contributed by atoms with E-state index in [0.717, 1.165) is 24.3 Å². The van der Waals surface area contributed by atoms with Gasteiger partial charge >= 0.3 is 30.4 Å². The molecule has 0 aliphatic carbocycles. The number of rotatable bonds is 9. The molecule has 20 heteroatoms. The average Bonchev–Trinajstić information content (AvgIpc) is 2.97. The van der Waals surface area contributed by atoms with Crippen molar-refractivity contribution in [2.45, 2.75) is 36.8 Å². The van der Waals surface area contributed by atoms with Crippen molar-refractivity contribution in [2.75, 3.05) is 30.5 Å². The third kappa shape index (κ3) is 8.27. The third-order valence-corrected chi connectivity index (χ3v) is 7.39. The van der Waals surface area contributed by atoms with Crippen LogP contribution in [0.1, 0.15) is 43.8 Å². The van der Waals surface area contributed by atoms with Crippen LogP contribution < -0.4 is 10.2 Å². The number of anilines is 2. The second-order valence-corrected chi connectivity index (χ2v) is 10.9. The van der Waals surface area contributed by atoms with Crippen LogP contribution in [-0.2, 0) is 22.8 Å². The fourth-order valence-corrected chi connectivity index (χ4v) is 4.94. The minimum absolute atomic E-state index is 0.00110. The van der Waals surface area contributed by atoms with Gasteiger partial charge in [0.1, 0.15) is 0 Å². The summed E-state index contributed by atoms with van der Waals surface area (Å²) >= 11 is 2.33. The van der Waals surface area contributed by atoms with Crippen molar-refractivity contribution in [3.05, 3.63) is 92.7 Å². The van der Waals surface area contributed by atoms with E-state index in [0.29, 0.717) is 23.1 Å². The maximum atomic E-state index is 15.8. The molecule has 3 aromatic carbocycles. The molecule has 0 aromatic heterocycles. The molecule has 1 N–H and O–H groups in total. The fourth-order valence-electron chi connectivity index (χ4n) is 4.38. The van der Waals surface area contributed by atoms with Gasteiger partial charge in [-0.1, -0.05) is 6.07 Å². The van der Waals surface area contributed by atoms with Gasteiger partial charge < -0.3 is 15.0 Å². The molecule has 0 aliphatic rings. The predicted molar refractivity (Wildman–Crippen MR) is 148 cm³/mol. The number of carbonyl (C=O) groups is 2. The van der Waals surface area contributed by atoms with E-state index < -0.39 is 92.2 Å². The number of alkyl halides is 13. The Balaban J connectivity index is 2.10. The number of methoxy groups -OCH3 is 1. The highest BCUT2D eigenvalue weighted by Gasteiger charge is 2.73. The van der Waals surface area contributed by atoms with Crippen LogP contribution in [0.5, 0.6) is 0 Å². The monoisotopic (exact) mass is 788 g/mol. The molecule has 0 fully saturated rings. The summed E-state index contributed by atoms with van der Waals surface area (Å²) in [6.07, 6.45) is -24.1. The van der Waals surface area contributed by atoms with Gasteiger partial charge in [0.25, 0.3) is 11.8 Å². The molecule has 0 spiro atoms. The number of halogens is 15. The van der Waals surface area contributed by atoms with Crippen molar-refractivity contribution < 1.29 is 75.8 Å². The van der Waals surface area contributed by atoms with Gasteiger partial charge in [0.15, 0.2) is 5.82 Å². The van der Waals surface area contributed by atoms with E-state index in [1.165, 1.54) is 12.4 Å². The summed E-state index contributed by atoms with van der Waals surface area (Å²) in [4.78, 5) is 27.1. The molecule has 0 radical (unpaired) electrons. The van der Waals surface area contributed by atoms with Gasteiger partial charge in [-0.3, -0.25) is 9.59 Å². The van der Waals surface area contributed by atoms with Crippen molar-refractivity contribution in [2.24, 2.45) is 0 Å². The van der Waals surface area contributed by atoms with E-state index in [1.807, 2.05) is 0 Å². The van der Waals surface area contributed by atoms with E-state index in [9.17, 15) is 66.7 Å². The van der Waals surface area contributed by atoms with Crippen LogP contribution in [0, 0.1) is 5.82 Å². The summed E-state index contributed by atoms with van der Waals surface area (Å²) in [7, 11) is 1.27. The smallest absolute Gasteiger partial charge is 0.385 e. The molecular formula is C29H19BrF14N2O3. The van der Waals surface area contributed by atoms with Crippen molar-refractivity contribution in [1.29, 1.82) is 0 Å². The molecule has 268 valence electrons. The van der Waals surface area contributed by atoms with Crippen LogP contribution in [0.15, 0.2) is 59.1 Å². The highest BCUT2D eigenvalue weighted by Crippen LogP contribution is 2.55. The Morgan fingerprint density at radius 1 is 0.796 bits per heavy atom. The second kappa shape index (κ2) is 14.1. The number of hydrogen-bond donors (Lipinski definition) is 1. The predicted octanol–water partition coefficient (Wildman–Crippen LogP) is 9.85. The molecule has 0 bridgehead atoms. The van der Waals surface area contributed by atoms with E-state index in [1.54, 1.807) is 0 Å². The molecule has 0 unspecified atom stereocenters. The molecule has 0 heterocycles. The fraction of sp³-hybridized carbons (Fsp3) is 0.310. The standard InChI is InChI=1S/C29H19BrF14N2O3/c1-49-11-3-10-46(24(48)14-6-8-15(9-7-14)26(33,34)35)20-5-2-4-17(21(20)31)23(47)45-22-18(27(36,37)38)12-16(13-19(22)30)25(32,28(39,40)41)29(42,43)44/h2,4-9,12-13H,3,10-11H2,1H3,(H,45,47). The zero-order valence-corrected chi connectivity index (χ0v) is 25.7. The lowest BCUT2D eigenvalue weighted by atomic mass is 9.92. The molecule has 2 amide bonds. The van der Waals surface area contributed by atoms with Gasteiger partial charge in [-0.15, -0.1) is 0 Å². The number of benzene rings is 3. The van der Waals surface area contributed by atoms with Gasteiger partial charge in [0.05, 0.1) is 28.1 Å². The topological polar surface area (TPSA) is 58.6 Å². The summed E-state index contributed by atoms with van der Waals surface area (Å²) in [5.41, 5.74) is -16.0. The number of nitrogens with one attached hydrogen (secondary N) is 1. The Bertz CT molecular complexity index is 1670. The Hall–Kier alpha value is -3.94. The minimum atomic E-state index is -6.78. The quantitative estimate of drug-likeness (QED) is 0.174. The van der Waals surface area contributed by atoms with Crippen LogP contribution >= 0.6 is 15.9 Å². The second-order valence-electron chi connectivity index (χ2n) is 10.0. The zero-order valence-electron chi connectivity index (χ0n) is 24.2. The Morgan fingerprint density at radius 3 is 1.86 bits per heavy atom. The third-order valence-electron chi connectivity index (χ3n) is 6.76. The van der Waals surface area contributed by atoms with E-state index in [2.05, 4.69) is 15.9 Å². The minimum Gasteiger partial charge on any atom is -0.385 e. The summed E-state index contributed by atoms with van der Waals surface area (Å²) in [6.45, 7) is -0.393. The van der Waals surface area contributed by atoms with Gasteiger partial charge in [0.2, 0.25) is 0 Å². The van der Waals surface area contributed by atoms with Crippen LogP contribution in [-0.4, -0.2) is 44.4 Å². The lowest BCUT2D eigenvalue weighted by molar-refractivity contribution is -0.348. The van der Waals surface area contributed by atoms with Crippen molar-refractivity contribution in [1.82, 2.24) is 0 Å². The summed E-state index contributed by atoms with van der Waals surface area (Å²) in [6, 6.07) is 4.17. The first-order chi connectivity index (χ1) is 22.4. The Morgan fingerprint density at radius 2 is 1.37 bits per heavy atom. The molecule has 0 atom stereocenters. The van der Waals surface area contributed by atoms with Crippen molar-refractivity contribution in [3.63, 3.8) is 0 Å². The zero-order chi connectivity index (χ0) is 37.3. The van der Waals surface area contributed by atoms with Crippen molar-refractivity contribution >= 4 is 39.1 Å². The summed E-state index contributed by atoms with van der Waals surface area (Å²) < 4.78 is 194. The van der Waals surface area contributed by atoms with Crippen LogP contribution in [0.2, 0.25) is 0 Å². The lowest BCUT2D eigenvalue weighted by Crippen LogP contribution is -2.50. The highest BCUT2D eigenvalue weighted by molar-refractivity contribution is 9.10. The van der Waals surface area contributed by atoms with Gasteiger partial charge in [-0.05, 0) is 70.9 Å². The molecule has 0 saturated carbocycles. The molecule has 0 aliphatic heterocycles. The van der Waals surface area contributed by atoms with Gasteiger partial charge in [-0.25, -0.2) is 8.78 Å². The van der Waals surface area contributed by atoms with E-state index in [4.69, 9.17) is 4.74 Å². The first-order valence-electron chi connectivity index (χ1n) is 13.2. The van der Waals surface area contributed by atoms with Crippen molar-refractivity contribution in [3.8, 4) is 0 Å². The van der Waals surface area contributed by atoms with E-state index >= 15 is 4.39 Å². The maximum Gasteiger partial charge on any atom is 0.435 e. The molecule has 3 rings (SSSR count). The number of nitrogens with zero attached hydrogens (tertiary/aromatic N) is 1. The van der Waals surface area contributed by atoms with Gasteiger partial charge in [-0.2, -0.15) is 52.7 Å². The summed E-state index contributed by atoms with van der Waals surface area (Å²) in [5.74, 6) is -4.41. The number of ether oxygens (including phenoxy) is 1. The normalized spacial score (nSPS) is 13.0. The molecule has 5 nitrogen and oxygen atoms in total.